The zero-order valence-corrected chi connectivity index (χ0v) is 13.6. The molecule has 0 aliphatic rings. The maximum Gasteiger partial charge on any atom is 0.309 e. The van der Waals surface area contributed by atoms with Crippen molar-refractivity contribution in [2.45, 2.75) is 25.2 Å². The highest BCUT2D eigenvalue weighted by Gasteiger charge is 2.26. The fourth-order valence-electron chi connectivity index (χ4n) is 1.38. The number of hydrogen-bond donors (Lipinski definition) is 3. The smallest absolute Gasteiger partial charge is 0.309 e. The Balaban J connectivity index is 2.64. The number of amides is 1. The van der Waals surface area contributed by atoms with Gasteiger partial charge in [0.1, 0.15) is 0 Å². The summed E-state index contributed by atoms with van der Waals surface area (Å²) in [5.41, 5.74) is -0.927. The van der Waals surface area contributed by atoms with E-state index in [0.29, 0.717) is 0 Å². The van der Waals surface area contributed by atoms with Crippen LogP contribution in [-0.4, -0.2) is 39.0 Å². The average Bonchev–Trinajstić information content (AvgIpc) is 2.88. The van der Waals surface area contributed by atoms with Gasteiger partial charge in [-0.05, 0) is 33.4 Å². The third kappa shape index (κ3) is 4.51. The highest BCUT2D eigenvalue weighted by atomic mass is 32.2. The van der Waals surface area contributed by atoms with Crippen LogP contribution in [0.2, 0.25) is 0 Å². The number of carboxylic acid groups (broad SMARTS) is 1. The van der Waals surface area contributed by atoms with E-state index in [0.717, 1.165) is 11.3 Å². The molecule has 3 N–H and O–H groups in total. The highest BCUT2D eigenvalue weighted by molar-refractivity contribution is 7.89. The maximum absolute atomic E-state index is 11.9. The Kier molecular flexibility index (Phi) is 5.48. The molecule has 0 aliphatic carbocycles. The first-order valence-electron chi connectivity index (χ1n) is 6.14. The molecule has 9 heteroatoms. The second kappa shape index (κ2) is 6.54. The molecule has 7 nitrogen and oxygen atoms in total. The van der Waals surface area contributed by atoms with E-state index < -0.39 is 27.3 Å². The van der Waals surface area contributed by atoms with Crippen molar-refractivity contribution in [2.75, 3.05) is 13.6 Å². The minimum atomic E-state index is -3.56. The van der Waals surface area contributed by atoms with E-state index >= 15 is 0 Å². The van der Waals surface area contributed by atoms with E-state index in [4.69, 9.17) is 5.11 Å². The van der Waals surface area contributed by atoms with E-state index in [1.54, 1.807) is 13.8 Å². The van der Waals surface area contributed by atoms with Crippen LogP contribution in [0, 0.1) is 5.41 Å². The number of carbonyl (C=O) groups excluding carboxylic acids is 1. The molecular weight excluding hydrogens is 316 g/mol. The summed E-state index contributed by atoms with van der Waals surface area (Å²) >= 11 is 1.02. The fourth-order valence-corrected chi connectivity index (χ4v) is 3.30. The number of carbonyl (C=O) groups is 2. The molecule has 118 valence electrons. The van der Waals surface area contributed by atoms with Gasteiger partial charge in [0, 0.05) is 11.9 Å². The monoisotopic (exact) mass is 334 g/mol. The molecular formula is C12H18N2O5S2. The number of hydrogen-bond acceptors (Lipinski definition) is 5. The minimum Gasteiger partial charge on any atom is -0.481 e. The first kappa shape index (κ1) is 17.6. The highest BCUT2D eigenvalue weighted by Crippen LogP contribution is 2.21. The lowest BCUT2D eigenvalue weighted by molar-refractivity contribution is -0.147. The summed E-state index contributed by atoms with van der Waals surface area (Å²) in [5.74, 6) is -1.35. The Hall–Kier alpha value is -1.45. The maximum atomic E-state index is 11.9. The van der Waals surface area contributed by atoms with Gasteiger partial charge in [-0.15, -0.1) is 11.3 Å². The van der Waals surface area contributed by atoms with Crippen molar-refractivity contribution in [3.63, 3.8) is 0 Å². The van der Waals surface area contributed by atoms with Crippen molar-refractivity contribution in [1.29, 1.82) is 0 Å². The normalized spacial score (nSPS) is 12.1. The molecule has 0 saturated heterocycles. The second-order valence-corrected chi connectivity index (χ2v) is 7.85. The zero-order chi connectivity index (χ0) is 16.3. The number of thiophene rings is 1. The van der Waals surface area contributed by atoms with Crippen LogP contribution in [0.3, 0.4) is 0 Å². The first-order valence-corrected chi connectivity index (χ1v) is 8.50. The number of rotatable bonds is 7. The number of aliphatic carboxylic acids is 1. The molecule has 1 rings (SSSR count). The zero-order valence-electron chi connectivity index (χ0n) is 12.0. The summed E-state index contributed by atoms with van der Waals surface area (Å²) < 4.78 is 25.3. The summed E-state index contributed by atoms with van der Waals surface area (Å²) in [6, 6.07) is 1.29. The minimum absolute atomic E-state index is 0.0333. The van der Waals surface area contributed by atoms with Gasteiger partial charge in [0.15, 0.2) is 0 Å². The molecule has 0 aromatic carbocycles. The number of carboxylic acids is 1. The topological polar surface area (TPSA) is 113 Å². The van der Waals surface area contributed by atoms with Crippen molar-refractivity contribution < 1.29 is 23.1 Å². The van der Waals surface area contributed by atoms with E-state index in [1.165, 1.54) is 18.5 Å². The van der Waals surface area contributed by atoms with Crippen LogP contribution in [0.1, 0.15) is 29.9 Å². The quantitative estimate of drug-likeness (QED) is 0.685. The van der Waals surface area contributed by atoms with Crippen LogP contribution in [0.4, 0.5) is 0 Å². The van der Waals surface area contributed by atoms with Crippen molar-refractivity contribution >= 4 is 33.2 Å². The van der Waals surface area contributed by atoms with Crippen LogP contribution >= 0.6 is 11.3 Å². The Morgan fingerprint density at radius 3 is 2.52 bits per heavy atom. The SMILES string of the molecule is CNS(=O)(=O)c1csc(C(=O)NCCC(C)(C)C(=O)O)c1. The average molecular weight is 334 g/mol. The van der Waals surface area contributed by atoms with Gasteiger partial charge in [-0.3, -0.25) is 9.59 Å². The molecule has 0 radical (unpaired) electrons. The molecule has 1 aromatic heterocycles. The lowest BCUT2D eigenvalue weighted by Gasteiger charge is -2.18. The molecule has 1 heterocycles. The lowest BCUT2D eigenvalue weighted by atomic mass is 9.90. The summed E-state index contributed by atoms with van der Waals surface area (Å²) in [7, 11) is -2.27. The molecule has 0 spiro atoms. The lowest BCUT2D eigenvalue weighted by Crippen LogP contribution is -2.31. The van der Waals surface area contributed by atoms with Crippen LogP contribution in [0.25, 0.3) is 0 Å². The number of sulfonamides is 1. The Labute approximate surface area is 127 Å². The van der Waals surface area contributed by atoms with Gasteiger partial charge in [-0.1, -0.05) is 0 Å². The van der Waals surface area contributed by atoms with Crippen LogP contribution in [-0.2, 0) is 14.8 Å². The third-order valence-corrected chi connectivity index (χ3v) is 5.46. The van der Waals surface area contributed by atoms with Gasteiger partial charge < -0.3 is 10.4 Å². The summed E-state index contributed by atoms with van der Waals surface area (Å²) in [5, 5.41) is 12.9. The van der Waals surface area contributed by atoms with Crippen LogP contribution in [0.15, 0.2) is 16.3 Å². The molecule has 21 heavy (non-hydrogen) atoms. The van der Waals surface area contributed by atoms with Gasteiger partial charge in [0.05, 0.1) is 15.2 Å². The Bertz CT molecular complexity index is 634. The van der Waals surface area contributed by atoms with Gasteiger partial charge in [-0.2, -0.15) is 0 Å². The Morgan fingerprint density at radius 1 is 1.38 bits per heavy atom. The molecule has 0 saturated carbocycles. The van der Waals surface area contributed by atoms with Gasteiger partial charge >= 0.3 is 5.97 Å². The van der Waals surface area contributed by atoms with E-state index in [-0.39, 0.29) is 22.7 Å². The summed E-state index contributed by atoms with van der Waals surface area (Å²) in [4.78, 5) is 23.1. The predicted octanol–water partition coefficient (Wildman–Crippen LogP) is 0.887. The van der Waals surface area contributed by atoms with Crippen molar-refractivity contribution in [3.05, 3.63) is 16.3 Å². The van der Waals surface area contributed by atoms with Crippen molar-refractivity contribution in [3.8, 4) is 0 Å². The molecule has 0 bridgehead atoms. The predicted molar refractivity (Wildman–Crippen MR) is 78.9 cm³/mol. The van der Waals surface area contributed by atoms with Crippen molar-refractivity contribution in [1.82, 2.24) is 10.0 Å². The Morgan fingerprint density at radius 2 is 2.00 bits per heavy atom. The number of nitrogens with one attached hydrogen (secondary N) is 2. The van der Waals surface area contributed by atoms with E-state index in [9.17, 15) is 18.0 Å². The van der Waals surface area contributed by atoms with Crippen LogP contribution in [0.5, 0.6) is 0 Å². The van der Waals surface area contributed by atoms with Gasteiger partial charge in [0.25, 0.3) is 5.91 Å². The largest absolute Gasteiger partial charge is 0.481 e. The van der Waals surface area contributed by atoms with E-state index in [1.807, 2.05) is 0 Å². The van der Waals surface area contributed by atoms with Gasteiger partial charge in [-0.25, -0.2) is 13.1 Å². The fraction of sp³-hybridized carbons (Fsp3) is 0.500. The molecule has 1 aromatic rings. The molecule has 0 atom stereocenters. The first-order chi connectivity index (χ1) is 9.60. The van der Waals surface area contributed by atoms with Crippen molar-refractivity contribution in [2.24, 2.45) is 5.41 Å². The summed E-state index contributed by atoms with van der Waals surface area (Å²) in [6.45, 7) is 3.35. The molecule has 0 fully saturated rings. The second-order valence-electron chi connectivity index (χ2n) is 5.05. The standard InChI is InChI=1S/C12H18N2O5S2/c1-12(2,11(16)17)4-5-14-10(15)9-6-8(7-20-9)21(18,19)13-3/h6-7,13H,4-5H2,1-3H3,(H,14,15)(H,16,17). The molecule has 0 unspecified atom stereocenters. The van der Waals surface area contributed by atoms with E-state index in [2.05, 4.69) is 10.0 Å². The summed E-state index contributed by atoms with van der Waals surface area (Å²) in [6.07, 6.45) is 0.279. The van der Waals surface area contributed by atoms with Crippen LogP contribution < -0.4 is 10.0 Å². The third-order valence-electron chi connectivity index (χ3n) is 2.99. The molecule has 1 amide bonds. The van der Waals surface area contributed by atoms with Gasteiger partial charge in [0.2, 0.25) is 10.0 Å². The molecule has 0 aliphatic heterocycles.